The quantitative estimate of drug-likeness (QED) is 0.847. The van der Waals surface area contributed by atoms with E-state index >= 15 is 0 Å². The van der Waals surface area contributed by atoms with Crippen molar-refractivity contribution < 1.29 is 0 Å². The highest BCUT2D eigenvalue weighted by Gasteiger charge is 2.40. The SMILES string of the molecule is CCNC(c1cccc2ccncc12)C1(CC)CCCC1. The maximum absolute atomic E-state index is 4.36. The molecule has 0 saturated heterocycles. The predicted octanol–water partition coefficient (Wildman–Crippen LogP) is 4.86. The van der Waals surface area contributed by atoms with Gasteiger partial charge in [-0.25, -0.2) is 0 Å². The van der Waals surface area contributed by atoms with Crippen molar-refractivity contribution in [1.29, 1.82) is 0 Å². The van der Waals surface area contributed by atoms with Crippen LogP contribution in [0.3, 0.4) is 0 Å². The molecule has 0 bridgehead atoms. The standard InChI is InChI=1S/C19H26N2/c1-3-19(11-5-6-12-19)18(21-4-2)16-9-7-8-15-10-13-20-14-17(15)16/h7-10,13-14,18,21H,3-6,11-12H2,1-2H3. The molecule has 1 saturated carbocycles. The summed E-state index contributed by atoms with van der Waals surface area (Å²) in [6.45, 7) is 5.59. The van der Waals surface area contributed by atoms with E-state index in [0.29, 0.717) is 11.5 Å². The van der Waals surface area contributed by atoms with Gasteiger partial charge in [0.2, 0.25) is 0 Å². The minimum atomic E-state index is 0.417. The number of benzene rings is 1. The topological polar surface area (TPSA) is 24.9 Å². The molecule has 21 heavy (non-hydrogen) atoms. The van der Waals surface area contributed by atoms with E-state index in [-0.39, 0.29) is 0 Å². The van der Waals surface area contributed by atoms with Crippen molar-refractivity contribution in [2.45, 2.75) is 52.0 Å². The third-order valence-electron chi connectivity index (χ3n) is 5.35. The first-order valence-corrected chi connectivity index (χ1v) is 8.37. The van der Waals surface area contributed by atoms with Crippen LogP contribution in [0.5, 0.6) is 0 Å². The number of hydrogen-bond donors (Lipinski definition) is 1. The third kappa shape index (κ3) is 2.57. The van der Waals surface area contributed by atoms with Crippen LogP contribution in [-0.2, 0) is 0 Å². The fourth-order valence-corrected chi connectivity index (χ4v) is 4.17. The van der Waals surface area contributed by atoms with Gasteiger partial charge in [0, 0.05) is 23.8 Å². The molecule has 1 aromatic heterocycles. The molecule has 1 heterocycles. The molecule has 1 atom stereocenters. The Morgan fingerprint density at radius 2 is 2.00 bits per heavy atom. The maximum Gasteiger partial charge on any atom is 0.0383 e. The summed E-state index contributed by atoms with van der Waals surface area (Å²) in [5.41, 5.74) is 1.85. The second kappa shape index (κ2) is 6.15. The molecule has 3 rings (SSSR count). The Morgan fingerprint density at radius 1 is 1.19 bits per heavy atom. The highest BCUT2D eigenvalue weighted by Crippen LogP contribution is 2.50. The Bertz CT molecular complexity index is 594. The van der Waals surface area contributed by atoms with Crippen molar-refractivity contribution >= 4 is 10.8 Å². The first kappa shape index (κ1) is 14.5. The Balaban J connectivity index is 2.11. The van der Waals surface area contributed by atoms with Crippen molar-refractivity contribution in [2.24, 2.45) is 5.41 Å². The van der Waals surface area contributed by atoms with Crippen molar-refractivity contribution in [2.75, 3.05) is 6.54 Å². The molecule has 0 aliphatic heterocycles. The lowest BCUT2D eigenvalue weighted by atomic mass is 9.72. The van der Waals surface area contributed by atoms with E-state index in [1.165, 1.54) is 48.4 Å². The molecule has 2 aromatic rings. The Morgan fingerprint density at radius 3 is 2.71 bits per heavy atom. The summed E-state index contributed by atoms with van der Waals surface area (Å²) >= 11 is 0. The molecule has 112 valence electrons. The average molecular weight is 282 g/mol. The van der Waals surface area contributed by atoms with Crippen LogP contribution in [-0.4, -0.2) is 11.5 Å². The highest BCUT2D eigenvalue weighted by atomic mass is 14.9. The minimum absolute atomic E-state index is 0.417. The van der Waals surface area contributed by atoms with Gasteiger partial charge < -0.3 is 5.32 Å². The predicted molar refractivity (Wildman–Crippen MR) is 89.4 cm³/mol. The Kier molecular flexibility index (Phi) is 4.25. The molecule has 0 radical (unpaired) electrons. The molecule has 1 N–H and O–H groups in total. The van der Waals surface area contributed by atoms with Crippen LogP contribution in [0.2, 0.25) is 0 Å². The largest absolute Gasteiger partial charge is 0.310 e. The van der Waals surface area contributed by atoms with E-state index in [1.54, 1.807) is 0 Å². The number of pyridine rings is 1. The van der Waals surface area contributed by atoms with Gasteiger partial charge >= 0.3 is 0 Å². The second-order valence-electron chi connectivity index (χ2n) is 6.36. The zero-order chi connectivity index (χ0) is 14.7. The molecule has 1 unspecified atom stereocenters. The van der Waals surface area contributed by atoms with E-state index < -0.39 is 0 Å². The Hall–Kier alpha value is -1.41. The van der Waals surface area contributed by atoms with Crippen LogP contribution in [0, 0.1) is 5.41 Å². The van der Waals surface area contributed by atoms with Crippen molar-refractivity contribution in [3.05, 3.63) is 42.2 Å². The Labute approximate surface area is 128 Å². The molecule has 0 spiro atoms. The van der Waals surface area contributed by atoms with Crippen molar-refractivity contribution in [3.8, 4) is 0 Å². The van der Waals surface area contributed by atoms with E-state index in [4.69, 9.17) is 0 Å². The zero-order valence-electron chi connectivity index (χ0n) is 13.2. The van der Waals surface area contributed by atoms with Crippen LogP contribution < -0.4 is 5.32 Å². The molecule has 1 aliphatic rings. The van der Waals surface area contributed by atoms with Crippen LogP contribution >= 0.6 is 0 Å². The van der Waals surface area contributed by atoms with E-state index in [2.05, 4.69) is 48.4 Å². The van der Waals surface area contributed by atoms with Gasteiger partial charge in [-0.15, -0.1) is 0 Å². The lowest BCUT2D eigenvalue weighted by molar-refractivity contribution is 0.190. The number of aromatic nitrogens is 1. The van der Waals surface area contributed by atoms with E-state index in [9.17, 15) is 0 Å². The monoisotopic (exact) mass is 282 g/mol. The summed E-state index contributed by atoms with van der Waals surface area (Å²) in [6.07, 6.45) is 10.6. The van der Waals surface area contributed by atoms with E-state index in [1.807, 2.05) is 12.4 Å². The first-order chi connectivity index (χ1) is 10.3. The van der Waals surface area contributed by atoms with Gasteiger partial charge in [-0.3, -0.25) is 4.98 Å². The second-order valence-corrected chi connectivity index (χ2v) is 6.36. The fraction of sp³-hybridized carbons (Fsp3) is 0.526. The highest BCUT2D eigenvalue weighted by molar-refractivity contribution is 5.85. The smallest absolute Gasteiger partial charge is 0.0383 e. The minimum Gasteiger partial charge on any atom is -0.310 e. The molecular weight excluding hydrogens is 256 g/mol. The summed E-state index contributed by atoms with van der Waals surface area (Å²) < 4.78 is 0. The molecule has 2 heteroatoms. The van der Waals surface area contributed by atoms with Gasteiger partial charge in [0.05, 0.1) is 0 Å². The van der Waals surface area contributed by atoms with Gasteiger partial charge in [-0.05, 0) is 48.2 Å². The number of rotatable bonds is 5. The molecule has 2 nitrogen and oxygen atoms in total. The maximum atomic E-state index is 4.36. The lowest BCUT2D eigenvalue weighted by Gasteiger charge is -2.38. The van der Waals surface area contributed by atoms with Crippen molar-refractivity contribution in [3.63, 3.8) is 0 Å². The summed E-state index contributed by atoms with van der Waals surface area (Å²) in [7, 11) is 0. The van der Waals surface area contributed by atoms with Crippen LogP contribution in [0.1, 0.15) is 57.6 Å². The molecule has 1 aliphatic carbocycles. The van der Waals surface area contributed by atoms with Gasteiger partial charge in [0.15, 0.2) is 0 Å². The van der Waals surface area contributed by atoms with E-state index in [0.717, 1.165) is 6.54 Å². The van der Waals surface area contributed by atoms with Gasteiger partial charge in [0.1, 0.15) is 0 Å². The van der Waals surface area contributed by atoms with Crippen LogP contribution in [0.25, 0.3) is 10.8 Å². The number of nitrogens with zero attached hydrogens (tertiary/aromatic N) is 1. The summed E-state index contributed by atoms with van der Waals surface area (Å²) in [5.74, 6) is 0. The first-order valence-electron chi connectivity index (χ1n) is 8.37. The van der Waals surface area contributed by atoms with Gasteiger partial charge in [-0.1, -0.05) is 44.9 Å². The summed E-state index contributed by atoms with van der Waals surface area (Å²) in [5, 5.41) is 6.41. The molecule has 1 fully saturated rings. The molecule has 1 aromatic carbocycles. The third-order valence-corrected chi connectivity index (χ3v) is 5.35. The van der Waals surface area contributed by atoms with Gasteiger partial charge in [-0.2, -0.15) is 0 Å². The van der Waals surface area contributed by atoms with Crippen LogP contribution in [0.4, 0.5) is 0 Å². The fourth-order valence-electron chi connectivity index (χ4n) is 4.17. The van der Waals surface area contributed by atoms with Crippen LogP contribution in [0.15, 0.2) is 36.7 Å². The number of hydrogen-bond acceptors (Lipinski definition) is 2. The lowest BCUT2D eigenvalue weighted by Crippen LogP contribution is -2.36. The summed E-state index contributed by atoms with van der Waals surface area (Å²) in [6, 6.07) is 9.25. The zero-order valence-corrected chi connectivity index (χ0v) is 13.2. The van der Waals surface area contributed by atoms with Crippen molar-refractivity contribution in [1.82, 2.24) is 10.3 Å². The average Bonchev–Trinajstić information content (AvgIpc) is 3.02. The normalized spacial score (nSPS) is 19.0. The number of nitrogens with one attached hydrogen (secondary N) is 1. The van der Waals surface area contributed by atoms with Gasteiger partial charge in [0.25, 0.3) is 0 Å². The summed E-state index contributed by atoms with van der Waals surface area (Å²) in [4.78, 5) is 4.36. The number of fused-ring (bicyclic) bond motifs is 1. The molecular formula is C19H26N2. The molecule has 0 amide bonds.